The standard InChI is InChI=1S/C14H18BrNO5S/c1-3-8(2)21-14(20)9(4-7-12(17)18)16-13(19)10-5-6-11(15)22-10/h5-6,8-9H,3-4,7H2,1-2H3,(H,16,19)(H,17,18). The van der Waals surface area contributed by atoms with Crippen LogP contribution < -0.4 is 5.32 Å². The van der Waals surface area contributed by atoms with Crippen molar-refractivity contribution in [2.24, 2.45) is 0 Å². The van der Waals surface area contributed by atoms with Crippen LogP contribution in [0.3, 0.4) is 0 Å². The average Bonchev–Trinajstić information content (AvgIpc) is 2.89. The Balaban J connectivity index is 2.74. The lowest BCUT2D eigenvalue weighted by Gasteiger charge is -2.19. The second-order valence-electron chi connectivity index (χ2n) is 4.72. The first kappa shape index (κ1) is 18.6. The molecule has 6 nitrogen and oxygen atoms in total. The first-order valence-corrected chi connectivity index (χ1v) is 8.43. The summed E-state index contributed by atoms with van der Waals surface area (Å²) in [6.45, 7) is 3.61. The van der Waals surface area contributed by atoms with E-state index in [2.05, 4.69) is 21.2 Å². The van der Waals surface area contributed by atoms with Gasteiger partial charge in [-0.1, -0.05) is 6.92 Å². The van der Waals surface area contributed by atoms with Crippen molar-refractivity contribution in [3.8, 4) is 0 Å². The third kappa shape index (κ3) is 6.15. The quantitative estimate of drug-likeness (QED) is 0.664. The summed E-state index contributed by atoms with van der Waals surface area (Å²) in [4.78, 5) is 35.3. The van der Waals surface area contributed by atoms with Gasteiger partial charge in [-0.2, -0.15) is 0 Å². The largest absolute Gasteiger partial charge is 0.481 e. The molecule has 1 aromatic heterocycles. The highest BCUT2D eigenvalue weighted by Gasteiger charge is 2.25. The summed E-state index contributed by atoms with van der Waals surface area (Å²) in [7, 11) is 0. The summed E-state index contributed by atoms with van der Waals surface area (Å²) >= 11 is 4.49. The van der Waals surface area contributed by atoms with E-state index >= 15 is 0 Å². The molecule has 1 rings (SSSR count). The Labute approximate surface area is 141 Å². The van der Waals surface area contributed by atoms with Gasteiger partial charge in [0.2, 0.25) is 0 Å². The van der Waals surface area contributed by atoms with E-state index in [1.807, 2.05) is 6.92 Å². The summed E-state index contributed by atoms with van der Waals surface area (Å²) in [5.41, 5.74) is 0. The molecule has 0 bridgehead atoms. The number of carbonyl (C=O) groups is 3. The second-order valence-corrected chi connectivity index (χ2v) is 7.18. The van der Waals surface area contributed by atoms with E-state index in [0.29, 0.717) is 11.3 Å². The highest BCUT2D eigenvalue weighted by atomic mass is 79.9. The number of aliphatic carboxylic acids is 1. The second kappa shape index (κ2) is 8.89. The van der Waals surface area contributed by atoms with Crippen molar-refractivity contribution in [3.63, 3.8) is 0 Å². The van der Waals surface area contributed by atoms with Gasteiger partial charge < -0.3 is 15.2 Å². The van der Waals surface area contributed by atoms with E-state index < -0.39 is 23.9 Å². The monoisotopic (exact) mass is 391 g/mol. The lowest BCUT2D eigenvalue weighted by atomic mass is 10.1. The van der Waals surface area contributed by atoms with Crippen molar-refractivity contribution < 1.29 is 24.2 Å². The lowest BCUT2D eigenvalue weighted by Crippen LogP contribution is -2.42. The zero-order chi connectivity index (χ0) is 16.7. The molecule has 0 aliphatic heterocycles. The summed E-state index contributed by atoms with van der Waals surface area (Å²) < 4.78 is 5.98. The van der Waals surface area contributed by atoms with E-state index in [1.54, 1.807) is 19.1 Å². The number of esters is 1. The van der Waals surface area contributed by atoms with E-state index in [-0.39, 0.29) is 18.9 Å². The fraction of sp³-hybridized carbons (Fsp3) is 0.500. The van der Waals surface area contributed by atoms with Crippen LogP contribution in [0.4, 0.5) is 0 Å². The molecule has 0 radical (unpaired) electrons. The number of nitrogens with one attached hydrogen (secondary N) is 1. The molecule has 0 aliphatic rings. The minimum atomic E-state index is -1.03. The van der Waals surface area contributed by atoms with Crippen LogP contribution in [0.15, 0.2) is 15.9 Å². The van der Waals surface area contributed by atoms with Crippen LogP contribution in [0, 0.1) is 0 Å². The van der Waals surface area contributed by atoms with E-state index in [9.17, 15) is 14.4 Å². The summed E-state index contributed by atoms with van der Waals surface area (Å²) in [6.07, 6.45) is 0.119. The van der Waals surface area contributed by atoms with Crippen LogP contribution in [0.1, 0.15) is 42.8 Å². The smallest absolute Gasteiger partial charge is 0.328 e. The van der Waals surface area contributed by atoms with Crippen molar-refractivity contribution in [2.45, 2.75) is 45.3 Å². The minimum absolute atomic E-state index is 0.0110. The van der Waals surface area contributed by atoms with Gasteiger partial charge in [0.05, 0.1) is 14.8 Å². The van der Waals surface area contributed by atoms with Crippen molar-refractivity contribution in [1.29, 1.82) is 0 Å². The summed E-state index contributed by atoms with van der Waals surface area (Å²) in [6, 6.07) is 2.38. The first-order valence-electron chi connectivity index (χ1n) is 6.82. The third-order valence-electron chi connectivity index (χ3n) is 2.93. The molecule has 8 heteroatoms. The number of rotatable bonds is 8. The van der Waals surface area contributed by atoms with Gasteiger partial charge in [-0.3, -0.25) is 9.59 Å². The van der Waals surface area contributed by atoms with Gasteiger partial charge in [-0.25, -0.2) is 4.79 Å². The van der Waals surface area contributed by atoms with Crippen molar-refractivity contribution in [2.75, 3.05) is 0 Å². The molecule has 0 saturated carbocycles. The number of hydrogen-bond acceptors (Lipinski definition) is 5. The Morgan fingerprint density at radius 3 is 2.59 bits per heavy atom. The van der Waals surface area contributed by atoms with Crippen molar-refractivity contribution in [1.82, 2.24) is 5.32 Å². The fourth-order valence-electron chi connectivity index (χ4n) is 1.55. The predicted molar refractivity (Wildman–Crippen MR) is 86.0 cm³/mol. The molecule has 0 aromatic carbocycles. The zero-order valence-electron chi connectivity index (χ0n) is 12.3. The molecule has 0 aliphatic carbocycles. The number of thiophene rings is 1. The molecule has 1 aromatic rings. The van der Waals surface area contributed by atoms with Crippen LogP contribution in [0.5, 0.6) is 0 Å². The van der Waals surface area contributed by atoms with E-state index in [4.69, 9.17) is 9.84 Å². The Hall–Kier alpha value is -1.41. The third-order valence-corrected chi connectivity index (χ3v) is 4.55. The van der Waals surface area contributed by atoms with Gasteiger partial charge in [0.15, 0.2) is 0 Å². The molecule has 2 unspecified atom stereocenters. The predicted octanol–water partition coefficient (Wildman–Crippen LogP) is 2.82. The van der Waals surface area contributed by atoms with Crippen molar-refractivity contribution in [3.05, 3.63) is 20.8 Å². The lowest BCUT2D eigenvalue weighted by molar-refractivity contribution is -0.151. The summed E-state index contributed by atoms with van der Waals surface area (Å²) in [5, 5.41) is 11.3. The van der Waals surface area contributed by atoms with Crippen LogP contribution in [-0.4, -0.2) is 35.1 Å². The van der Waals surface area contributed by atoms with Crippen LogP contribution in [-0.2, 0) is 14.3 Å². The fourth-order valence-corrected chi connectivity index (χ4v) is 2.84. The molecular weight excluding hydrogens is 374 g/mol. The normalized spacial score (nSPS) is 13.2. The Kier molecular flexibility index (Phi) is 7.53. The molecular formula is C14H18BrNO5S. The molecule has 1 heterocycles. The van der Waals surface area contributed by atoms with Gasteiger partial charge in [0.25, 0.3) is 5.91 Å². The molecule has 0 saturated heterocycles. The number of amides is 1. The minimum Gasteiger partial charge on any atom is -0.481 e. The molecule has 2 atom stereocenters. The average molecular weight is 392 g/mol. The van der Waals surface area contributed by atoms with Gasteiger partial charge in [-0.05, 0) is 47.8 Å². The Morgan fingerprint density at radius 1 is 1.41 bits per heavy atom. The summed E-state index contributed by atoms with van der Waals surface area (Å²) in [5.74, 6) is -2.07. The maximum atomic E-state index is 12.1. The number of halogens is 1. The number of ether oxygens (including phenoxy) is 1. The van der Waals surface area contributed by atoms with E-state index in [0.717, 1.165) is 3.79 Å². The molecule has 0 fully saturated rings. The molecule has 22 heavy (non-hydrogen) atoms. The van der Waals surface area contributed by atoms with Crippen LogP contribution >= 0.6 is 27.3 Å². The molecule has 122 valence electrons. The maximum Gasteiger partial charge on any atom is 0.328 e. The Bertz CT molecular complexity index is 545. The highest BCUT2D eigenvalue weighted by Crippen LogP contribution is 2.22. The SMILES string of the molecule is CCC(C)OC(=O)C(CCC(=O)O)NC(=O)c1ccc(Br)s1. The first-order chi connectivity index (χ1) is 10.3. The van der Waals surface area contributed by atoms with Gasteiger partial charge in [-0.15, -0.1) is 11.3 Å². The van der Waals surface area contributed by atoms with Gasteiger partial charge >= 0.3 is 11.9 Å². The van der Waals surface area contributed by atoms with Crippen molar-refractivity contribution >= 4 is 45.1 Å². The Morgan fingerprint density at radius 2 is 2.09 bits per heavy atom. The highest BCUT2D eigenvalue weighted by molar-refractivity contribution is 9.11. The van der Waals surface area contributed by atoms with Gasteiger partial charge in [0.1, 0.15) is 6.04 Å². The number of carbonyl (C=O) groups excluding carboxylic acids is 2. The number of carboxylic acids is 1. The van der Waals surface area contributed by atoms with Crippen LogP contribution in [0.25, 0.3) is 0 Å². The van der Waals surface area contributed by atoms with Crippen LogP contribution in [0.2, 0.25) is 0 Å². The topological polar surface area (TPSA) is 92.7 Å². The molecule has 1 amide bonds. The molecule has 2 N–H and O–H groups in total. The molecule has 0 spiro atoms. The van der Waals surface area contributed by atoms with E-state index in [1.165, 1.54) is 11.3 Å². The maximum absolute atomic E-state index is 12.1. The number of carboxylic acid groups (broad SMARTS) is 1. The zero-order valence-corrected chi connectivity index (χ0v) is 14.7. The van der Waals surface area contributed by atoms with Gasteiger partial charge in [0, 0.05) is 6.42 Å². The number of hydrogen-bond donors (Lipinski definition) is 2.